The van der Waals surface area contributed by atoms with Crippen LogP contribution in [0.4, 0.5) is 0 Å². The van der Waals surface area contributed by atoms with E-state index in [1.165, 1.54) is 31.2 Å². The molecule has 3 unspecified atom stereocenters. The van der Waals surface area contributed by atoms with Crippen LogP contribution in [0.5, 0.6) is 0 Å². The fraction of sp³-hybridized carbons (Fsp3) is 0.667. The van der Waals surface area contributed by atoms with E-state index in [9.17, 15) is 0 Å². The summed E-state index contributed by atoms with van der Waals surface area (Å²) in [6.45, 7) is 7.80. The first kappa shape index (κ1) is 15.5. The van der Waals surface area contributed by atoms with Crippen LogP contribution in [0, 0.1) is 5.92 Å². The molecule has 112 valence electrons. The van der Waals surface area contributed by atoms with Gasteiger partial charge in [0.05, 0.1) is 0 Å². The minimum Gasteiger partial charge on any atom is -0.329 e. The van der Waals surface area contributed by atoms with E-state index in [2.05, 4.69) is 56.0 Å². The van der Waals surface area contributed by atoms with Gasteiger partial charge in [-0.05, 0) is 37.7 Å². The average molecular weight is 274 g/mol. The first-order chi connectivity index (χ1) is 9.63. The van der Waals surface area contributed by atoms with E-state index >= 15 is 0 Å². The van der Waals surface area contributed by atoms with Crippen molar-refractivity contribution in [3.63, 3.8) is 0 Å². The molecular formula is C18H30N2. The van der Waals surface area contributed by atoms with Crippen LogP contribution < -0.4 is 5.73 Å². The van der Waals surface area contributed by atoms with E-state index < -0.39 is 0 Å². The molecule has 0 bridgehead atoms. The Hall–Kier alpha value is -0.860. The summed E-state index contributed by atoms with van der Waals surface area (Å²) in [6, 6.07) is 12.7. The summed E-state index contributed by atoms with van der Waals surface area (Å²) in [4.78, 5) is 2.71. The minimum absolute atomic E-state index is 0.514. The number of nitrogens with two attached hydrogens (primary N) is 1. The average Bonchev–Trinajstić information content (AvgIpc) is 2.45. The van der Waals surface area contributed by atoms with Gasteiger partial charge in [0.1, 0.15) is 0 Å². The number of piperidine rings is 1. The van der Waals surface area contributed by atoms with E-state index in [4.69, 9.17) is 5.73 Å². The third kappa shape index (κ3) is 3.62. The molecule has 2 nitrogen and oxygen atoms in total. The standard InChI is InChI=1S/C18H30N2/c1-14(2)12-18(16-9-5-4-6-10-16)20-15(3)8-7-11-17(20)13-19/h4-6,9-10,14-15,17-18H,7-8,11-13,19H2,1-3H3. The van der Waals surface area contributed by atoms with Crippen molar-refractivity contribution in [3.8, 4) is 0 Å². The second-order valence-electron chi connectivity index (χ2n) is 6.67. The highest BCUT2D eigenvalue weighted by atomic mass is 15.2. The molecule has 2 rings (SSSR count). The lowest BCUT2D eigenvalue weighted by Gasteiger charge is -2.46. The van der Waals surface area contributed by atoms with E-state index in [0.717, 1.165) is 6.54 Å². The normalized spacial score (nSPS) is 25.9. The van der Waals surface area contributed by atoms with Crippen molar-refractivity contribution in [2.45, 2.75) is 64.6 Å². The Bertz CT molecular complexity index is 388. The molecule has 1 fully saturated rings. The Morgan fingerprint density at radius 1 is 1.20 bits per heavy atom. The van der Waals surface area contributed by atoms with E-state index in [-0.39, 0.29) is 0 Å². The number of nitrogens with zero attached hydrogens (tertiary/aromatic N) is 1. The lowest BCUT2D eigenvalue weighted by molar-refractivity contribution is 0.0396. The van der Waals surface area contributed by atoms with E-state index in [1.807, 2.05) is 0 Å². The topological polar surface area (TPSA) is 29.3 Å². The van der Waals surface area contributed by atoms with Gasteiger partial charge in [0.15, 0.2) is 0 Å². The maximum atomic E-state index is 6.06. The zero-order chi connectivity index (χ0) is 14.5. The first-order valence-electron chi connectivity index (χ1n) is 8.16. The third-order valence-electron chi connectivity index (χ3n) is 4.60. The van der Waals surface area contributed by atoms with Crippen LogP contribution in [0.25, 0.3) is 0 Å². The van der Waals surface area contributed by atoms with E-state index in [0.29, 0.717) is 24.0 Å². The Morgan fingerprint density at radius 3 is 2.50 bits per heavy atom. The lowest BCUT2D eigenvalue weighted by atomic mass is 9.88. The van der Waals surface area contributed by atoms with Crippen molar-refractivity contribution in [3.05, 3.63) is 35.9 Å². The van der Waals surface area contributed by atoms with Crippen molar-refractivity contribution in [2.75, 3.05) is 6.54 Å². The number of rotatable bonds is 5. The molecule has 1 heterocycles. The molecule has 1 aliphatic rings. The monoisotopic (exact) mass is 274 g/mol. The lowest BCUT2D eigenvalue weighted by Crippen LogP contribution is -2.50. The minimum atomic E-state index is 0.514. The van der Waals surface area contributed by atoms with Crippen LogP contribution in [0.15, 0.2) is 30.3 Å². The van der Waals surface area contributed by atoms with Crippen LogP contribution in [0.2, 0.25) is 0 Å². The molecule has 3 atom stereocenters. The van der Waals surface area contributed by atoms with Gasteiger partial charge in [0.25, 0.3) is 0 Å². The number of benzene rings is 1. The summed E-state index contributed by atoms with van der Waals surface area (Å²) in [5, 5.41) is 0. The van der Waals surface area contributed by atoms with Crippen molar-refractivity contribution in [2.24, 2.45) is 11.7 Å². The quantitative estimate of drug-likeness (QED) is 0.880. The molecular weight excluding hydrogens is 244 g/mol. The summed E-state index contributed by atoms with van der Waals surface area (Å²) in [6.07, 6.45) is 5.09. The molecule has 1 aromatic rings. The van der Waals surface area contributed by atoms with Gasteiger partial charge in [-0.1, -0.05) is 50.6 Å². The summed E-state index contributed by atoms with van der Waals surface area (Å²) in [5.41, 5.74) is 7.51. The maximum absolute atomic E-state index is 6.06. The predicted molar refractivity (Wildman–Crippen MR) is 86.6 cm³/mol. The molecule has 0 radical (unpaired) electrons. The van der Waals surface area contributed by atoms with E-state index in [1.54, 1.807) is 0 Å². The maximum Gasteiger partial charge on any atom is 0.0356 e. The van der Waals surface area contributed by atoms with Crippen molar-refractivity contribution >= 4 is 0 Å². The van der Waals surface area contributed by atoms with Crippen LogP contribution >= 0.6 is 0 Å². The molecule has 20 heavy (non-hydrogen) atoms. The second kappa shape index (κ2) is 7.24. The largest absolute Gasteiger partial charge is 0.329 e. The molecule has 0 saturated carbocycles. The van der Waals surface area contributed by atoms with Gasteiger partial charge < -0.3 is 5.73 Å². The molecule has 1 aromatic carbocycles. The van der Waals surface area contributed by atoms with Gasteiger partial charge in [0.2, 0.25) is 0 Å². The Kier molecular flexibility index (Phi) is 5.62. The van der Waals surface area contributed by atoms with Gasteiger partial charge in [-0.25, -0.2) is 0 Å². The molecule has 0 spiro atoms. The predicted octanol–water partition coefficient (Wildman–Crippen LogP) is 3.98. The van der Waals surface area contributed by atoms with Gasteiger partial charge in [-0.3, -0.25) is 4.90 Å². The summed E-state index contributed by atoms with van der Waals surface area (Å²) >= 11 is 0. The highest BCUT2D eigenvalue weighted by Gasteiger charge is 2.33. The highest BCUT2D eigenvalue weighted by Crippen LogP contribution is 2.35. The molecule has 0 aromatic heterocycles. The number of likely N-dealkylation sites (tertiary alicyclic amines) is 1. The number of hydrogen-bond donors (Lipinski definition) is 1. The van der Waals surface area contributed by atoms with Crippen LogP contribution in [0.3, 0.4) is 0 Å². The van der Waals surface area contributed by atoms with Crippen molar-refractivity contribution in [1.82, 2.24) is 4.90 Å². The fourth-order valence-electron chi connectivity index (χ4n) is 3.66. The Labute approximate surface area is 124 Å². The SMILES string of the molecule is CC(C)CC(c1ccccc1)N1C(C)CCCC1CN. The summed E-state index contributed by atoms with van der Waals surface area (Å²) in [5.74, 6) is 0.702. The Morgan fingerprint density at radius 2 is 1.90 bits per heavy atom. The zero-order valence-electron chi connectivity index (χ0n) is 13.3. The van der Waals surface area contributed by atoms with Crippen LogP contribution in [-0.2, 0) is 0 Å². The fourth-order valence-corrected chi connectivity index (χ4v) is 3.66. The smallest absolute Gasteiger partial charge is 0.0356 e. The molecule has 1 aliphatic heterocycles. The van der Waals surface area contributed by atoms with Gasteiger partial charge in [-0.15, -0.1) is 0 Å². The van der Waals surface area contributed by atoms with Crippen LogP contribution in [0.1, 0.15) is 58.1 Å². The van der Waals surface area contributed by atoms with Crippen LogP contribution in [-0.4, -0.2) is 23.5 Å². The molecule has 2 heteroatoms. The third-order valence-corrected chi connectivity index (χ3v) is 4.60. The number of hydrogen-bond acceptors (Lipinski definition) is 2. The van der Waals surface area contributed by atoms with Crippen molar-refractivity contribution in [1.29, 1.82) is 0 Å². The summed E-state index contributed by atoms with van der Waals surface area (Å²) < 4.78 is 0. The highest BCUT2D eigenvalue weighted by molar-refractivity contribution is 5.20. The summed E-state index contributed by atoms with van der Waals surface area (Å²) in [7, 11) is 0. The van der Waals surface area contributed by atoms with Gasteiger partial charge in [-0.2, -0.15) is 0 Å². The molecule has 0 amide bonds. The molecule has 0 aliphatic carbocycles. The van der Waals surface area contributed by atoms with Crippen molar-refractivity contribution < 1.29 is 0 Å². The molecule has 2 N–H and O–H groups in total. The van der Waals surface area contributed by atoms with Gasteiger partial charge >= 0.3 is 0 Å². The second-order valence-corrected chi connectivity index (χ2v) is 6.67. The zero-order valence-corrected chi connectivity index (χ0v) is 13.3. The Balaban J connectivity index is 2.28. The van der Waals surface area contributed by atoms with Gasteiger partial charge in [0, 0.05) is 24.7 Å². The first-order valence-corrected chi connectivity index (χ1v) is 8.16. The molecule has 1 saturated heterocycles.